The normalized spacial score (nSPS) is 16.0. The monoisotopic (exact) mass is 1850 g/mol. The summed E-state index contributed by atoms with van der Waals surface area (Å²) in [4.78, 5) is 106. The molecule has 2 atom stereocenters. The van der Waals surface area contributed by atoms with Gasteiger partial charge in [-0.3, -0.25) is 46.0 Å². The number of benzene rings is 5. The molecule has 5 saturated heterocycles. The molecule has 0 spiro atoms. The highest BCUT2D eigenvalue weighted by Crippen LogP contribution is 2.32. The third-order valence-electron chi connectivity index (χ3n) is 24.3. The van der Waals surface area contributed by atoms with E-state index in [1.165, 1.54) is 40.8 Å². The number of oxazole rings is 2. The van der Waals surface area contributed by atoms with Gasteiger partial charge in [-0.1, -0.05) is 24.3 Å². The molecule has 36 heteroatoms. The van der Waals surface area contributed by atoms with Crippen molar-refractivity contribution < 1.29 is 39.9 Å². The van der Waals surface area contributed by atoms with Crippen molar-refractivity contribution in [2.75, 3.05) is 149 Å². The Morgan fingerprint density at radius 2 is 0.618 bits per heavy atom. The van der Waals surface area contributed by atoms with Crippen LogP contribution in [0.2, 0.25) is 0 Å². The fraction of sp³-hybridized carbons (Fsp3) is 0.280. The van der Waals surface area contributed by atoms with Crippen molar-refractivity contribution in [3.63, 3.8) is 0 Å². The molecule has 0 unspecified atom stereocenters. The van der Waals surface area contributed by atoms with E-state index in [1.807, 2.05) is 130 Å². The standard InChI is InChI=1S/C21H21N5O2.C20H18F4N4O2.C20H21FN4O.C20H19N5O2.C19H19FN4O/c1-13-11-25(8-7-22-13)16-4-6-20-24-17(10-21(27)26(20)12-16)15-3-5-19-18(9-15)23-14(2)28-19;21-15-9-13(1-3-17(15)30-12-20(22,23)24)16-10-19(29)28-11-14(2-4-18(28)26-16)27-7-5-25-6-8-27;1-13-3-4-15(9-17(13)21)18-10-20(26)25-12-16(5-6-19(25)23-18)24-8-7-22-14(2)11-24;1-13-22-17-10-14(2-4-18(17)27-13)16-11-20(26)25-12-15(3-5-19(25)23-16)24-8-6-21-7-9-24;1-13-2-3-14(10-16(13)20)17-11-19(25)24-12-15(4-5-18(24)22-17)23-8-6-21-7-9-23/h3-6,9-10,12-13,22H,7-8,11H2,1-2H3;1-4,9-11,25H,5-8,12H2;3-6,9-10,12,14,22H,7-8,11H2,1-2H3;2-5,10-12,21H,6-9H2,1H3;2-5,10-12,21H,6-9H2,1H3/t13-;;14-;;/m0.0../s1. The van der Waals surface area contributed by atoms with E-state index < -0.39 is 24.3 Å². The molecular formula is C100H98F6N22O8. The van der Waals surface area contributed by atoms with E-state index >= 15 is 0 Å². The molecule has 136 heavy (non-hydrogen) atoms. The Bertz CT molecular complexity index is 7670. The minimum atomic E-state index is -4.57. The zero-order valence-electron chi connectivity index (χ0n) is 75.4. The van der Waals surface area contributed by atoms with E-state index in [0.717, 1.165) is 192 Å². The first-order chi connectivity index (χ1) is 65.7. The predicted molar refractivity (Wildman–Crippen MR) is 515 cm³/mol. The topological polar surface area (TPSA) is 309 Å². The number of hydrogen-bond acceptors (Lipinski definition) is 25. The Kier molecular flexibility index (Phi) is 26.7. The number of ether oxygens (including phenoxy) is 1. The van der Waals surface area contributed by atoms with Crippen molar-refractivity contribution in [3.8, 4) is 62.0 Å². The number of anilines is 5. The summed E-state index contributed by atoms with van der Waals surface area (Å²) in [7, 11) is 0. The number of fused-ring (bicyclic) bond motifs is 7. The number of alkyl halides is 3. The summed E-state index contributed by atoms with van der Waals surface area (Å²) in [5.41, 5.74) is 16.6. The summed E-state index contributed by atoms with van der Waals surface area (Å²) in [6.45, 7) is 26.1. The minimum absolute atomic E-state index is 0.0941. The van der Waals surface area contributed by atoms with Crippen molar-refractivity contribution in [1.29, 1.82) is 0 Å². The lowest BCUT2D eigenvalue weighted by molar-refractivity contribution is -0.153. The summed E-state index contributed by atoms with van der Waals surface area (Å²) in [6, 6.07) is 51.9. The molecule has 17 heterocycles. The second-order valence-corrected chi connectivity index (χ2v) is 34.1. The van der Waals surface area contributed by atoms with Crippen molar-refractivity contribution in [2.24, 2.45) is 0 Å². The van der Waals surface area contributed by atoms with Gasteiger partial charge in [0.05, 0.1) is 56.9 Å². The van der Waals surface area contributed by atoms with Crippen molar-refractivity contribution in [1.82, 2.24) is 83.5 Å². The molecule has 698 valence electrons. The van der Waals surface area contributed by atoms with Crippen molar-refractivity contribution in [2.45, 2.75) is 59.8 Å². The van der Waals surface area contributed by atoms with Crippen LogP contribution in [-0.4, -0.2) is 200 Å². The summed E-state index contributed by atoms with van der Waals surface area (Å²) >= 11 is 0. The Morgan fingerprint density at radius 1 is 0.338 bits per heavy atom. The number of aromatic nitrogens is 12. The number of piperazine rings is 5. The summed E-state index contributed by atoms with van der Waals surface area (Å²) in [6.07, 6.45) is 4.58. The number of nitrogens with one attached hydrogen (secondary N) is 5. The molecule has 5 N–H and O–H groups in total. The molecule has 30 nitrogen and oxygen atoms in total. The Labute approximate surface area is 774 Å². The van der Waals surface area contributed by atoms with Gasteiger partial charge in [-0.2, -0.15) is 13.2 Å². The van der Waals surface area contributed by atoms with Gasteiger partial charge in [-0.15, -0.1) is 0 Å². The van der Waals surface area contributed by atoms with Gasteiger partial charge in [0, 0.05) is 233 Å². The van der Waals surface area contributed by atoms with Crippen LogP contribution < -0.4 is 83.6 Å². The molecule has 12 aromatic heterocycles. The maximum atomic E-state index is 14.2. The predicted octanol–water partition coefficient (Wildman–Crippen LogP) is 12.5. The highest BCUT2D eigenvalue weighted by atomic mass is 19.4. The van der Waals surface area contributed by atoms with Crippen LogP contribution in [0.15, 0.2) is 246 Å². The first kappa shape index (κ1) is 91.5. The average Bonchev–Trinajstić information content (AvgIpc) is 1.65. The number of aryl methyl sites for hydroxylation is 4. The van der Waals surface area contributed by atoms with Gasteiger partial charge in [-0.25, -0.2) is 48.1 Å². The highest BCUT2D eigenvalue weighted by molar-refractivity contribution is 5.81. The number of hydrogen-bond donors (Lipinski definition) is 5. The maximum absolute atomic E-state index is 14.2. The Hall–Kier alpha value is -15.0. The van der Waals surface area contributed by atoms with E-state index in [-0.39, 0.29) is 50.7 Å². The number of nitrogens with zero attached hydrogens (tertiary/aromatic N) is 17. The zero-order valence-corrected chi connectivity index (χ0v) is 75.4. The second-order valence-electron chi connectivity index (χ2n) is 34.1. The molecule has 0 radical (unpaired) electrons. The van der Waals surface area contributed by atoms with Crippen LogP contribution in [0.4, 0.5) is 54.8 Å². The molecule has 5 aromatic carbocycles. The van der Waals surface area contributed by atoms with Gasteiger partial charge in [0.25, 0.3) is 27.8 Å². The minimum Gasteiger partial charge on any atom is -0.481 e. The first-order valence-corrected chi connectivity index (χ1v) is 45.0. The Morgan fingerprint density at radius 3 is 0.912 bits per heavy atom. The van der Waals surface area contributed by atoms with Crippen molar-refractivity contribution >= 4 is 78.9 Å². The highest BCUT2D eigenvalue weighted by Gasteiger charge is 2.30. The largest absolute Gasteiger partial charge is 0.481 e. The van der Waals surface area contributed by atoms with Gasteiger partial charge in [0.15, 0.2) is 41.1 Å². The quantitative estimate of drug-likeness (QED) is 0.0710. The van der Waals surface area contributed by atoms with Gasteiger partial charge >= 0.3 is 6.18 Å². The van der Waals surface area contributed by atoms with E-state index in [0.29, 0.717) is 97.1 Å². The average molecular weight is 1850 g/mol. The fourth-order valence-corrected chi connectivity index (χ4v) is 17.1. The SMILES string of the molecule is Cc1ccc(-c2cc(=O)n3cc(N4CCNCC4)ccc3n2)cc1F.Cc1ccc(-c2cc(=O)n3cc(N4CCN[C@@H](C)C4)ccc3n2)cc1F.Cc1nc2cc(-c3cc(=O)n4cc(N5CCNCC5)ccc4n3)ccc2o1.Cc1nc2cc(-c3cc(=O)n4cc(N5CCN[C@@H](C)C5)ccc4n3)ccc2o1.O=c1cc(-c2ccc(OCC(F)(F)F)c(F)c2)nc2ccc(N3CCNCC3)cn12. The lowest BCUT2D eigenvalue weighted by Gasteiger charge is -2.33. The maximum Gasteiger partial charge on any atom is 0.422 e. The van der Waals surface area contributed by atoms with Crippen LogP contribution in [0.25, 0.3) is 107 Å². The van der Waals surface area contributed by atoms with Gasteiger partial charge in [0.1, 0.15) is 50.9 Å². The van der Waals surface area contributed by atoms with E-state index in [9.17, 15) is 50.3 Å². The van der Waals surface area contributed by atoms with Crippen LogP contribution in [0, 0.1) is 45.1 Å². The zero-order chi connectivity index (χ0) is 94.6. The van der Waals surface area contributed by atoms with Crippen LogP contribution in [0.1, 0.15) is 36.8 Å². The summed E-state index contributed by atoms with van der Waals surface area (Å²) in [5.74, 6) is -0.842. The molecule has 17 aromatic rings. The van der Waals surface area contributed by atoms with Crippen molar-refractivity contribution in [3.05, 3.63) is 305 Å². The molecule has 0 amide bonds. The number of halogens is 6. The van der Waals surface area contributed by atoms with E-state index in [2.05, 4.69) is 99.6 Å². The Balaban J connectivity index is 0.000000113. The summed E-state index contributed by atoms with van der Waals surface area (Å²) < 4.78 is 102. The van der Waals surface area contributed by atoms with Gasteiger partial charge < -0.3 is 64.7 Å². The number of rotatable bonds is 12. The first-order valence-electron chi connectivity index (χ1n) is 45.0. The van der Waals surface area contributed by atoms with Crippen LogP contribution in [0.3, 0.4) is 0 Å². The molecule has 0 saturated carbocycles. The molecule has 5 aliphatic heterocycles. The van der Waals surface area contributed by atoms with E-state index in [4.69, 9.17) is 13.8 Å². The molecule has 5 fully saturated rings. The third-order valence-corrected chi connectivity index (χ3v) is 24.3. The lowest BCUT2D eigenvalue weighted by Crippen LogP contribution is -2.49. The molecular weight excluding hydrogens is 1750 g/mol. The van der Waals surface area contributed by atoms with E-state index in [1.54, 1.807) is 80.1 Å². The smallest absolute Gasteiger partial charge is 0.422 e. The van der Waals surface area contributed by atoms with Gasteiger partial charge in [-0.05, 0) is 166 Å². The molecule has 0 bridgehead atoms. The third kappa shape index (κ3) is 21.0. The fourth-order valence-electron chi connectivity index (χ4n) is 17.1. The van der Waals surface area contributed by atoms with Gasteiger partial charge in [0.2, 0.25) is 0 Å². The molecule has 5 aliphatic rings. The molecule has 0 aliphatic carbocycles. The second kappa shape index (κ2) is 39.7. The lowest BCUT2D eigenvalue weighted by atomic mass is 10.1. The van der Waals surface area contributed by atoms with Crippen LogP contribution in [-0.2, 0) is 0 Å². The van der Waals surface area contributed by atoms with Crippen LogP contribution >= 0.6 is 0 Å². The summed E-state index contributed by atoms with van der Waals surface area (Å²) in [5, 5.41) is 16.8. The molecule has 22 rings (SSSR count). The number of pyridine rings is 5. The van der Waals surface area contributed by atoms with Crippen LogP contribution in [0.5, 0.6) is 5.75 Å².